The molecule has 0 aromatic heterocycles. The molecule has 5 N–H and O–H groups in total. The van der Waals surface area contributed by atoms with Gasteiger partial charge in [-0.25, -0.2) is 0 Å². The van der Waals surface area contributed by atoms with Gasteiger partial charge in [0.15, 0.2) is 0 Å². The topological polar surface area (TPSA) is 78.5 Å². The molecule has 1 atom stereocenters. The van der Waals surface area contributed by atoms with Crippen LogP contribution in [0.4, 0.5) is 0 Å². The SMILES string of the molecule is NNC1(CCO)C=CC(CCO)=CC1. The fraction of sp³-hybridized carbons (Fsp3) is 0.600. The van der Waals surface area contributed by atoms with Crippen molar-refractivity contribution in [2.45, 2.75) is 24.8 Å². The Bertz CT molecular complexity index is 238. The Morgan fingerprint density at radius 2 is 2.21 bits per heavy atom. The molecule has 80 valence electrons. The van der Waals surface area contributed by atoms with E-state index in [0.29, 0.717) is 12.8 Å². The Balaban J connectivity index is 2.59. The van der Waals surface area contributed by atoms with E-state index >= 15 is 0 Å². The van der Waals surface area contributed by atoms with E-state index in [1.165, 1.54) is 0 Å². The molecule has 4 heteroatoms. The number of rotatable bonds is 5. The maximum Gasteiger partial charge on any atom is 0.0560 e. The van der Waals surface area contributed by atoms with Gasteiger partial charge in [0.1, 0.15) is 0 Å². The fourth-order valence-electron chi connectivity index (χ4n) is 1.59. The van der Waals surface area contributed by atoms with Crippen LogP contribution in [0.5, 0.6) is 0 Å². The van der Waals surface area contributed by atoms with Crippen LogP contribution in [0, 0.1) is 0 Å². The number of allylic oxidation sites excluding steroid dienone is 1. The minimum absolute atomic E-state index is 0.109. The lowest BCUT2D eigenvalue weighted by atomic mass is 9.86. The van der Waals surface area contributed by atoms with Gasteiger partial charge in [0.25, 0.3) is 0 Å². The normalized spacial score (nSPS) is 26.4. The minimum Gasteiger partial charge on any atom is -0.396 e. The number of nitrogens with one attached hydrogen (secondary N) is 1. The van der Waals surface area contributed by atoms with Crippen LogP contribution in [0.2, 0.25) is 0 Å². The smallest absolute Gasteiger partial charge is 0.0560 e. The summed E-state index contributed by atoms with van der Waals surface area (Å²) in [6.07, 6.45) is 8.00. The van der Waals surface area contributed by atoms with E-state index in [4.69, 9.17) is 16.1 Å². The number of hydrogen-bond acceptors (Lipinski definition) is 4. The van der Waals surface area contributed by atoms with Crippen LogP contribution in [-0.4, -0.2) is 29.0 Å². The Kier molecular flexibility index (Phi) is 4.28. The third kappa shape index (κ3) is 2.65. The zero-order valence-electron chi connectivity index (χ0n) is 8.24. The van der Waals surface area contributed by atoms with Crippen molar-refractivity contribution in [2.24, 2.45) is 5.84 Å². The van der Waals surface area contributed by atoms with E-state index in [0.717, 1.165) is 12.0 Å². The zero-order chi connectivity index (χ0) is 10.4. The van der Waals surface area contributed by atoms with Gasteiger partial charge >= 0.3 is 0 Å². The van der Waals surface area contributed by atoms with E-state index < -0.39 is 0 Å². The molecule has 0 spiro atoms. The van der Waals surface area contributed by atoms with Gasteiger partial charge in [0.2, 0.25) is 0 Å². The highest BCUT2D eigenvalue weighted by Crippen LogP contribution is 2.24. The van der Waals surface area contributed by atoms with Gasteiger partial charge in [-0.1, -0.05) is 18.2 Å². The van der Waals surface area contributed by atoms with Crippen LogP contribution >= 0.6 is 0 Å². The second kappa shape index (κ2) is 5.26. The first-order valence-electron chi connectivity index (χ1n) is 4.84. The Morgan fingerprint density at radius 1 is 1.43 bits per heavy atom. The van der Waals surface area contributed by atoms with Gasteiger partial charge in [-0.05, 0) is 24.8 Å². The second-order valence-corrected chi connectivity index (χ2v) is 3.56. The maximum absolute atomic E-state index is 8.89. The van der Waals surface area contributed by atoms with Gasteiger partial charge in [-0.3, -0.25) is 11.3 Å². The number of aliphatic hydroxyl groups is 2. The summed E-state index contributed by atoms with van der Waals surface area (Å²) >= 11 is 0. The molecule has 1 rings (SSSR count). The average Bonchev–Trinajstić information content (AvgIpc) is 2.22. The first kappa shape index (κ1) is 11.4. The third-order valence-electron chi connectivity index (χ3n) is 2.59. The number of aliphatic hydroxyl groups excluding tert-OH is 2. The molecule has 0 aromatic carbocycles. The summed E-state index contributed by atoms with van der Waals surface area (Å²) in [6.45, 7) is 0.275. The maximum atomic E-state index is 8.89. The van der Waals surface area contributed by atoms with Crippen LogP contribution in [-0.2, 0) is 0 Å². The molecule has 0 heterocycles. The first-order valence-corrected chi connectivity index (χ1v) is 4.84. The number of hydrogen-bond donors (Lipinski definition) is 4. The Morgan fingerprint density at radius 3 is 2.64 bits per heavy atom. The predicted molar refractivity (Wildman–Crippen MR) is 55.3 cm³/mol. The molecule has 1 aliphatic carbocycles. The molecule has 0 amide bonds. The molecule has 0 bridgehead atoms. The summed E-state index contributed by atoms with van der Waals surface area (Å²) in [5.74, 6) is 5.45. The van der Waals surface area contributed by atoms with E-state index in [-0.39, 0.29) is 18.8 Å². The number of hydrazine groups is 1. The summed E-state index contributed by atoms with van der Waals surface area (Å²) in [4.78, 5) is 0. The highest BCUT2D eigenvalue weighted by molar-refractivity contribution is 5.29. The fourth-order valence-corrected chi connectivity index (χ4v) is 1.59. The van der Waals surface area contributed by atoms with Crippen LogP contribution in [0.25, 0.3) is 0 Å². The highest BCUT2D eigenvalue weighted by Gasteiger charge is 2.25. The van der Waals surface area contributed by atoms with E-state index in [1.807, 2.05) is 18.2 Å². The molecule has 0 saturated heterocycles. The van der Waals surface area contributed by atoms with Crippen molar-refractivity contribution in [1.29, 1.82) is 0 Å². The molecule has 0 aromatic rings. The molecular formula is C10H18N2O2. The van der Waals surface area contributed by atoms with Gasteiger partial charge in [-0.2, -0.15) is 0 Å². The molecule has 4 nitrogen and oxygen atoms in total. The molecular weight excluding hydrogens is 180 g/mol. The van der Waals surface area contributed by atoms with Crippen molar-refractivity contribution in [2.75, 3.05) is 13.2 Å². The van der Waals surface area contributed by atoms with Crippen molar-refractivity contribution in [1.82, 2.24) is 5.43 Å². The van der Waals surface area contributed by atoms with E-state index in [2.05, 4.69) is 5.43 Å². The average molecular weight is 198 g/mol. The molecule has 0 saturated carbocycles. The predicted octanol–water partition coefficient (Wildman–Crippen LogP) is -0.160. The van der Waals surface area contributed by atoms with Gasteiger partial charge < -0.3 is 10.2 Å². The van der Waals surface area contributed by atoms with Crippen LogP contribution in [0.1, 0.15) is 19.3 Å². The third-order valence-corrected chi connectivity index (χ3v) is 2.59. The van der Waals surface area contributed by atoms with Crippen molar-refractivity contribution < 1.29 is 10.2 Å². The number of nitrogens with two attached hydrogens (primary N) is 1. The van der Waals surface area contributed by atoms with E-state index in [9.17, 15) is 0 Å². The molecule has 0 fully saturated rings. The summed E-state index contributed by atoms with van der Waals surface area (Å²) in [5, 5.41) is 17.6. The second-order valence-electron chi connectivity index (χ2n) is 3.56. The molecule has 1 aliphatic rings. The molecule has 1 unspecified atom stereocenters. The molecule has 0 aliphatic heterocycles. The van der Waals surface area contributed by atoms with Crippen LogP contribution in [0.3, 0.4) is 0 Å². The van der Waals surface area contributed by atoms with E-state index in [1.54, 1.807) is 0 Å². The summed E-state index contributed by atoms with van der Waals surface area (Å²) < 4.78 is 0. The van der Waals surface area contributed by atoms with Crippen molar-refractivity contribution >= 4 is 0 Å². The van der Waals surface area contributed by atoms with Crippen molar-refractivity contribution in [3.8, 4) is 0 Å². The Hall–Kier alpha value is -0.680. The van der Waals surface area contributed by atoms with Crippen molar-refractivity contribution in [3.05, 3.63) is 23.8 Å². The van der Waals surface area contributed by atoms with Gasteiger partial charge in [-0.15, -0.1) is 0 Å². The lowest BCUT2D eigenvalue weighted by molar-refractivity contribution is 0.236. The molecule has 0 radical (unpaired) electrons. The quantitative estimate of drug-likeness (QED) is 0.365. The van der Waals surface area contributed by atoms with Crippen LogP contribution in [0.15, 0.2) is 23.8 Å². The summed E-state index contributed by atoms with van der Waals surface area (Å²) in [7, 11) is 0. The van der Waals surface area contributed by atoms with Gasteiger partial charge in [0.05, 0.1) is 5.54 Å². The van der Waals surface area contributed by atoms with Crippen molar-refractivity contribution in [3.63, 3.8) is 0 Å². The van der Waals surface area contributed by atoms with Crippen LogP contribution < -0.4 is 11.3 Å². The monoisotopic (exact) mass is 198 g/mol. The summed E-state index contributed by atoms with van der Waals surface area (Å²) in [5.41, 5.74) is 3.54. The summed E-state index contributed by atoms with van der Waals surface area (Å²) in [6, 6.07) is 0. The standard InChI is InChI=1S/C10H18N2O2/c11-12-10(6-8-14)4-1-9(2-5-10)3-7-13/h1-2,4,12-14H,3,5-8,11H2. The highest BCUT2D eigenvalue weighted by atomic mass is 16.3. The lowest BCUT2D eigenvalue weighted by Crippen LogP contribution is -2.48. The zero-order valence-corrected chi connectivity index (χ0v) is 8.24. The molecule has 14 heavy (non-hydrogen) atoms. The Labute approximate surface area is 84.1 Å². The van der Waals surface area contributed by atoms with Gasteiger partial charge in [0, 0.05) is 13.2 Å². The lowest BCUT2D eigenvalue weighted by Gasteiger charge is -2.31. The largest absolute Gasteiger partial charge is 0.396 e. The first-order chi connectivity index (χ1) is 6.76. The minimum atomic E-state index is -0.312.